The molecule has 0 amide bonds. The zero-order chi connectivity index (χ0) is 16.8. The lowest BCUT2D eigenvalue weighted by atomic mass is 10.2. The van der Waals surface area contributed by atoms with Crippen molar-refractivity contribution in [2.24, 2.45) is 0 Å². The molecule has 23 heavy (non-hydrogen) atoms. The third-order valence-electron chi connectivity index (χ3n) is 3.68. The number of carboxylic acids is 1. The highest BCUT2D eigenvalue weighted by Crippen LogP contribution is 2.10. The van der Waals surface area contributed by atoms with Crippen LogP contribution in [0.1, 0.15) is 50.4 Å². The zero-order valence-electron chi connectivity index (χ0n) is 14.6. The van der Waals surface area contributed by atoms with Gasteiger partial charge in [0.25, 0.3) is 0 Å². The monoisotopic (exact) mass is 344 g/mol. The molecule has 0 aliphatic carbocycles. The van der Waals surface area contributed by atoms with Crippen LogP contribution in [0.3, 0.4) is 0 Å². The van der Waals surface area contributed by atoms with Crippen LogP contribution in [-0.4, -0.2) is 48.3 Å². The molecule has 1 aromatic rings. The van der Waals surface area contributed by atoms with Crippen LogP contribution in [0.4, 0.5) is 0 Å². The molecule has 0 aliphatic rings. The largest absolute Gasteiger partial charge is 1.00 e. The number of quaternary nitrogens is 1. The summed E-state index contributed by atoms with van der Waals surface area (Å²) in [4.78, 5) is 10.1. The van der Waals surface area contributed by atoms with Gasteiger partial charge in [-0.15, -0.1) is 0 Å². The van der Waals surface area contributed by atoms with Crippen LogP contribution in [-0.2, 0) is 0 Å². The number of hydrogen-bond acceptors (Lipinski definition) is 3. The second-order valence-corrected chi connectivity index (χ2v) is 5.61. The molecule has 1 N–H and O–H groups in total. The van der Waals surface area contributed by atoms with Crippen molar-refractivity contribution < 1.29 is 31.9 Å². The maximum atomic E-state index is 10.1. The average Bonchev–Trinajstić information content (AvgIpc) is 2.50. The number of hydrogen-bond donors (Lipinski definition) is 1. The first-order chi connectivity index (χ1) is 10.5. The van der Waals surface area contributed by atoms with Gasteiger partial charge in [-0.3, -0.25) is 0 Å². The summed E-state index contributed by atoms with van der Waals surface area (Å²) in [7, 11) is 0. The summed E-state index contributed by atoms with van der Waals surface area (Å²) in [5.74, 6) is -1.13. The summed E-state index contributed by atoms with van der Waals surface area (Å²) in [5.41, 5.74) is 0.220. The normalized spacial score (nSPS) is 10.3. The SMILES string of the molecule is CCC[N+](CCC)(CCC)CCO.O=C([O-])c1ccccc1.[Cl-]. The minimum absolute atomic E-state index is 0. The Balaban J connectivity index is 0. The van der Waals surface area contributed by atoms with Gasteiger partial charge in [-0.25, -0.2) is 0 Å². The van der Waals surface area contributed by atoms with E-state index in [1.165, 1.54) is 51.0 Å². The van der Waals surface area contributed by atoms with Gasteiger partial charge in [0.1, 0.15) is 6.54 Å². The molecule has 0 radical (unpaired) electrons. The average molecular weight is 345 g/mol. The van der Waals surface area contributed by atoms with Crippen molar-refractivity contribution in [2.75, 3.05) is 32.8 Å². The number of nitrogens with zero attached hydrogens (tertiary/aromatic N) is 1. The number of rotatable bonds is 9. The van der Waals surface area contributed by atoms with Gasteiger partial charge in [-0.1, -0.05) is 51.1 Å². The fourth-order valence-corrected chi connectivity index (χ4v) is 2.88. The van der Waals surface area contributed by atoms with Crippen LogP contribution >= 0.6 is 0 Å². The highest BCUT2D eigenvalue weighted by atomic mass is 35.5. The Morgan fingerprint density at radius 2 is 1.39 bits per heavy atom. The Hall–Kier alpha value is -1.10. The van der Waals surface area contributed by atoms with Gasteiger partial charge >= 0.3 is 0 Å². The second kappa shape index (κ2) is 14.5. The summed E-state index contributed by atoms with van der Waals surface area (Å²) >= 11 is 0. The highest BCUT2D eigenvalue weighted by molar-refractivity contribution is 5.85. The molecule has 0 aromatic heterocycles. The van der Waals surface area contributed by atoms with Gasteiger partial charge < -0.3 is 31.9 Å². The van der Waals surface area contributed by atoms with E-state index in [0.717, 1.165) is 11.0 Å². The number of halogens is 1. The topological polar surface area (TPSA) is 60.4 Å². The minimum Gasteiger partial charge on any atom is -1.00 e. The van der Waals surface area contributed by atoms with Gasteiger partial charge in [0.05, 0.1) is 32.2 Å². The van der Waals surface area contributed by atoms with Crippen LogP contribution in [0.15, 0.2) is 30.3 Å². The number of carbonyl (C=O) groups excluding carboxylic acids is 1. The summed E-state index contributed by atoms with van der Waals surface area (Å²) < 4.78 is 1.12. The number of aromatic carboxylic acids is 1. The molecular weight excluding hydrogens is 314 g/mol. The van der Waals surface area contributed by atoms with Crippen LogP contribution in [0.25, 0.3) is 0 Å². The number of carbonyl (C=O) groups is 1. The first-order valence-corrected chi connectivity index (χ1v) is 8.27. The molecule has 1 aromatic carbocycles. The summed E-state index contributed by atoms with van der Waals surface area (Å²) in [5, 5.41) is 19.2. The lowest BCUT2D eigenvalue weighted by Gasteiger charge is -2.38. The molecule has 0 unspecified atom stereocenters. The second-order valence-electron chi connectivity index (χ2n) is 5.61. The molecule has 0 fully saturated rings. The molecule has 0 saturated carbocycles. The molecule has 0 spiro atoms. The Morgan fingerprint density at radius 3 is 1.65 bits per heavy atom. The Morgan fingerprint density at radius 1 is 0.957 bits per heavy atom. The minimum atomic E-state index is -1.13. The standard InChI is InChI=1S/C11H26NO.C7H6O2.ClH/c1-4-7-12(8-5-2,9-6-3)10-11-13;8-7(9)6-4-2-1-3-5-6;/h13H,4-11H2,1-3H3;1-5H,(H,8,9);1H/q+1;;/p-2. The van der Waals surface area contributed by atoms with Crippen molar-refractivity contribution >= 4 is 5.97 Å². The van der Waals surface area contributed by atoms with Crippen molar-refractivity contribution in [1.29, 1.82) is 0 Å². The molecule has 0 aliphatic heterocycles. The maximum absolute atomic E-state index is 10.1. The Kier molecular flexibility index (Phi) is 15.2. The van der Waals surface area contributed by atoms with Crippen molar-refractivity contribution in [1.82, 2.24) is 0 Å². The van der Waals surface area contributed by atoms with E-state index < -0.39 is 5.97 Å². The van der Waals surface area contributed by atoms with Gasteiger partial charge in [0, 0.05) is 0 Å². The first-order valence-electron chi connectivity index (χ1n) is 8.27. The van der Waals surface area contributed by atoms with E-state index in [1.807, 2.05) is 0 Å². The molecule has 0 atom stereocenters. The lowest BCUT2D eigenvalue weighted by molar-refractivity contribution is -0.928. The van der Waals surface area contributed by atoms with E-state index >= 15 is 0 Å². The Labute approximate surface area is 147 Å². The molecule has 4 nitrogen and oxygen atoms in total. The predicted molar refractivity (Wildman–Crippen MR) is 88.5 cm³/mol. The number of aliphatic hydroxyl groups is 1. The Bertz CT molecular complexity index is 369. The van der Waals surface area contributed by atoms with Crippen LogP contribution in [0.2, 0.25) is 0 Å². The number of benzene rings is 1. The van der Waals surface area contributed by atoms with Gasteiger partial charge in [0.2, 0.25) is 0 Å². The number of aliphatic hydroxyl groups excluding tert-OH is 1. The van der Waals surface area contributed by atoms with Crippen molar-refractivity contribution in [3.05, 3.63) is 35.9 Å². The first kappa shape index (κ1) is 24.2. The summed E-state index contributed by atoms with van der Waals surface area (Å²) in [6.45, 7) is 11.6. The van der Waals surface area contributed by atoms with Gasteiger partial charge in [0.15, 0.2) is 0 Å². The predicted octanol–water partition coefficient (Wildman–Crippen LogP) is -0.920. The fraction of sp³-hybridized carbons (Fsp3) is 0.611. The van der Waals surface area contributed by atoms with E-state index in [0.29, 0.717) is 6.61 Å². The van der Waals surface area contributed by atoms with Crippen molar-refractivity contribution in [3.8, 4) is 0 Å². The van der Waals surface area contributed by atoms with Crippen LogP contribution in [0, 0.1) is 0 Å². The lowest BCUT2D eigenvalue weighted by Crippen LogP contribution is -3.00. The van der Waals surface area contributed by atoms with E-state index in [2.05, 4.69) is 20.8 Å². The summed E-state index contributed by atoms with van der Waals surface area (Å²) in [6.07, 6.45) is 3.67. The van der Waals surface area contributed by atoms with Gasteiger partial charge in [-0.2, -0.15) is 0 Å². The van der Waals surface area contributed by atoms with Crippen molar-refractivity contribution in [3.63, 3.8) is 0 Å². The van der Waals surface area contributed by atoms with Crippen molar-refractivity contribution in [2.45, 2.75) is 40.0 Å². The van der Waals surface area contributed by atoms with Gasteiger partial charge in [-0.05, 0) is 24.8 Å². The third kappa shape index (κ3) is 10.3. The third-order valence-corrected chi connectivity index (χ3v) is 3.68. The zero-order valence-corrected chi connectivity index (χ0v) is 15.4. The van der Waals surface area contributed by atoms with Crippen LogP contribution < -0.4 is 17.5 Å². The summed E-state index contributed by atoms with van der Waals surface area (Å²) in [6, 6.07) is 8.06. The molecule has 0 saturated heterocycles. The number of carboxylic acid groups (broad SMARTS) is 1. The van der Waals surface area contributed by atoms with E-state index in [-0.39, 0.29) is 18.0 Å². The van der Waals surface area contributed by atoms with E-state index in [9.17, 15) is 9.90 Å². The smallest absolute Gasteiger partial charge is 0.102 e. The molecule has 5 heteroatoms. The van der Waals surface area contributed by atoms with E-state index in [4.69, 9.17) is 5.11 Å². The highest BCUT2D eigenvalue weighted by Gasteiger charge is 2.23. The fourth-order valence-electron chi connectivity index (χ4n) is 2.88. The molecule has 134 valence electrons. The molecular formula is C18H31ClNO3-. The molecule has 0 heterocycles. The molecule has 1 rings (SSSR count). The van der Waals surface area contributed by atoms with Crippen LogP contribution in [0.5, 0.6) is 0 Å². The maximum Gasteiger partial charge on any atom is 0.102 e. The van der Waals surface area contributed by atoms with E-state index in [1.54, 1.807) is 18.2 Å². The molecule has 0 bridgehead atoms. The quantitative estimate of drug-likeness (QED) is 0.589.